The Morgan fingerprint density at radius 1 is 1.00 bits per heavy atom. The largest absolute Gasteiger partial charge is 0.299 e. The van der Waals surface area contributed by atoms with Crippen LogP contribution in [0, 0.1) is 23.7 Å². The van der Waals surface area contributed by atoms with Crippen LogP contribution < -0.4 is 0 Å². The van der Waals surface area contributed by atoms with Crippen LogP contribution in [0.2, 0.25) is 0 Å². The average molecular weight is 184 g/mol. The molecule has 0 unspecified atom stereocenters. The van der Waals surface area contributed by atoms with Crippen molar-refractivity contribution in [2.24, 2.45) is 23.7 Å². The van der Waals surface area contributed by atoms with Crippen LogP contribution in [0.25, 0.3) is 0 Å². The molecule has 0 bridgehead atoms. The number of hydrogen-bond donors (Lipinski definition) is 0. The van der Waals surface area contributed by atoms with Crippen LogP contribution in [0.15, 0.2) is 0 Å². The Hall–Kier alpha value is -0.330. The lowest BCUT2D eigenvalue weighted by atomic mass is 9.81. The molecule has 1 nitrogen and oxygen atoms in total. The highest BCUT2D eigenvalue weighted by atomic mass is 16.1. The van der Waals surface area contributed by atoms with Gasteiger partial charge in [0.1, 0.15) is 5.78 Å². The van der Waals surface area contributed by atoms with Gasteiger partial charge in [0.25, 0.3) is 0 Å². The second-order valence-electron chi connectivity index (χ2n) is 5.04. The summed E-state index contributed by atoms with van der Waals surface area (Å²) in [5.74, 6) is 1.99. The van der Waals surface area contributed by atoms with Gasteiger partial charge in [-0.3, -0.25) is 4.79 Å². The molecule has 1 atom stereocenters. The van der Waals surface area contributed by atoms with E-state index in [1.165, 1.54) is 0 Å². The van der Waals surface area contributed by atoms with Crippen molar-refractivity contribution in [2.75, 3.05) is 0 Å². The molecule has 0 radical (unpaired) electrons. The van der Waals surface area contributed by atoms with Crippen LogP contribution in [0.4, 0.5) is 0 Å². The van der Waals surface area contributed by atoms with E-state index >= 15 is 0 Å². The van der Waals surface area contributed by atoms with Crippen LogP contribution in [0.3, 0.4) is 0 Å². The van der Waals surface area contributed by atoms with E-state index in [9.17, 15) is 4.79 Å². The van der Waals surface area contributed by atoms with E-state index < -0.39 is 0 Å². The Kier molecular flexibility index (Phi) is 5.27. The molecule has 0 aliphatic heterocycles. The minimum atomic E-state index is 0.186. The first-order valence-electron chi connectivity index (χ1n) is 5.40. The topological polar surface area (TPSA) is 17.1 Å². The summed E-state index contributed by atoms with van der Waals surface area (Å²) < 4.78 is 0. The summed E-state index contributed by atoms with van der Waals surface area (Å²) in [7, 11) is 0. The maximum absolute atomic E-state index is 11.8. The smallest absolute Gasteiger partial charge is 0.138 e. The number of ketones is 1. The molecule has 0 amide bonds. The summed E-state index contributed by atoms with van der Waals surface area (Å²) in [5, 5.41) is 0. The van der Waals surface area contributed by atoms with E-state index in [4.69, 9.17) is 0 Å². The number of rotatable bonds is 5. The first-order chi connectivity index (χ1) is 5.86. The second kappa shape index (κ2) is 5.41. The van der Waals surface area contributed by atoms with Gasteiger partial charge >= 0.3 is 0 Å². The monoisotopic (exact) mass is 184 g/mol. The van der Waals surface area contributed by atoms with Crippen LogP contribution in [0.1, 0.15) is 48.0 Å². The van der Waals surface area contributed by atoms with Crippen molar-refractivity contribution in [1.29, 1.82) is 0 Å². The molecule has 78 valence electrons. The standard InChI is InChI=1S/C12H24O/c1-8(2)7-11(9(3)4)12(13)10(5)6/h8-11H,7H2,1-6H3/t11-/m0/s1. The maximum Gasteiger partial charge on any atom is 0.138 e. The molecule has 0 saturated carbocycles. The van der Waals surface area contributed by atoms with Gasteiger partial charge in [0.15, 0.2) is 0 Å². The van der Waals surface area contributed by atoms with Crippen molar-refractivity contribution < 1.29 is 4.79 Å². The van der Waals surface area contributed by atoms with Gasteiger partial charge in [-0.25, -0.2) is 0 Å². The highest BCUT2D eigenvalue weighted by molar-refractivity contribution is 5.82. The average Bonchev–Trinajstić information content (AvgIpc) is 1.97. The molecule has 0 saturated heterocycles. The van der Waals surface area contributed by atoms with Crippen molar-refractivity contribution in [3.05, 3.63) is 0 Å². The van der Waals surface area contributed by atoms with Crippen LogP contribution >= 0.6 is 0 Å². The number of hydrogen-bond acceptors (Lipinski definition) is 1. The van der Waals surface area contributed by atoms with Crippen molar-refractivity contribution in [1.82, 2.24) is 0 Å². The molecule has 1 heteroatoms. The summed E-state index contributed by atoms with van der Waals surface area (Å²) in [4.78, 5) is 11.8. The molecule has 0 rings (SSSR count). The first-order valence-corrected chi connectivity index (χ1v) is 5.40. The maximum atomic E-state index is 11.8. The summed E-state index contributed by atoms with van der Waals surface area (Å²) in [6.45, 7) is 12.7. The molecule has 0 N–H and O–H groups in total. The normalized spacial score (nSPS) is 14.2. The van der Waals surface area contributed by atoms with E-state index in [0.29, 0.717) is 17.6 Å². The van der Waals surface area contributed by atoms with Crippen molar-refractivity contribution in [2.45, 2.75) is 48.0 Å². The van der Waals surface area contributed by atoms with Gasteiger partial charge in [-0.15, -0.1) is 0 Å². The molecule has 0 aromatic rings. The summed E-state index contributed by atoms with van der Waals surface area (Å²) >= 11 is 0. The van der Waals surface area contributed by atoms with E-state index in [2.05, 4.69) is 27.7 Å². The Bertz CT molecular complexity index is 157. The van der Waals surface area contributed by atoms with Crippen LogP contribution in [-0.2, 0) is 4.79 Å². The van der Waals surface area contributed by atoms with Gasteiger partial charge in [-0.2, -0.15) is 0 Å². The van der Waals surface area contributed by atoms with Gasteiger partial charge in [-0.05, 0) is 18.3 Å². The predicted octanol–water partition coefficient (Wildman–Crippen LogP) is 3.53. The molecule has 0 fully saturated rings. The number of Topliss-reactive ketones (excluding diaryl/α,β-unsaturated/α-hetero) is 1. The minimum Gasteiger partial charge on any atom is -0.299 e. The van der Waals surface area contributed by atoms with Gasteiger partial charge < -0.3 is 0 Å². The summed E-state index contributed by atoms with van der Waals surface area (Å²) in [5.41, 5.74) is 0. The third-order valence-electron chi connectivity index (χ3n) is 2.46. The van der Waals surface area contributed by atoms with Crippen molar-refractivity contribution in [3.8, 4) is 0 Å². The Balaban J connectivity index is 4.33. The van der Waals surface area contributed by atoms with E-state index in [0.717, 1.165) is 6.42 Å². The fourth-order valence-corrected chi connectivity index (χ4v) is 1.65. The zero-order valence-electron chi connectivity index (χ0n) is 9.92. The molecule has 0 aromatic heterocycles. The summed E-state index contributed by atoms with van der Waals surface area (Å²) in [6.07, 6.45) is 1.04. The lowest BCUT2D eigenvalue weighted by Gasteiger charge is -2.23. The molecular formula is C12H24O. The molecule has 0 heterocycles. The van der Waals surface area contributed by atoms with Crippen LogP contribution in [-0.4, -0.2) is 5.78 Å². The molecule has 0 aromatic carbocycles. The van der Waals surface area contributed by atoms with E-state index in [1.54, 1.807) is 0 Å². The third kappa shape index (κ3) is 4.44. The molecule has 0 aliphatic rings. The highest BCUT2D eigenvalue weighted by Gasteiger charge is 2.24. The quantitative estimate of drug-likeness (QED) is 0.639. The SMILES string of the molecule is CC(C)C[C@H](C(=O)C(C)C)C(C)C. The van der Waals surface area contributed by atoms with E-state index in [1.807, 2.05) is 13.8 Å². The van der Waals surface area contributed by atoms with E-state index in [-0.39, 0.29) is 11.8 Å². The second-order valence-corrected chi connectivity index (χ2v) is 5.04. The fourth-order valence-electron chi connectivity index (χ4n) is 1.65. The van der Waals surface area contributed by atoms with Gasteiger partial charge in [-0.1, -0.05) is 41.5 Å². The molecule has 0 spiro atoms. The van der Waals surface area contributed by atoms with Gasteiger partial charge in [0, 0.05) is 11.8 Å². The first kappa shape index (κ1) is 12.7. The Labute approximate surface area is 82.9 Å². The van der Waals surface area contributed by atoms with Crippen molar-refractivity contribution in [3.63, 3.8) is 0 Å². The third-order valence-corrected chi connectivity index (χ3v) is 2.46. The Morgan fingerprint density at radius 3 is 1.69 bits per heavy atom. The van der Waals surface area contributed by atoms with Crippen molar-refractivity contribution >= 4 is 5.78 Å². The lowest BCUT2D eigenvalue weighted by molar-refractivity contribution is -0.127. The zero-order chi connectivity index (χ0) is 10.6. The number of carbonyl (C=O) groups is 1. The molecule has 13 heavy (non-hydrogen) atoms. The highest BCUT2D eigenvalue weighted by Crippen LogP contribution is 2.23. The predicted molar refractivity (Wildman–Crippen MR) is 57.6 cm³/mol. The summed E-state index contributed by atoms with van der Waals surface area (Å²) in [6, 6.07) is 0. The molecule has 0 aliphatic carbocycles. The minimum absolute atomic E-state index is 0.186. The van der Waals surface area contributed by atoms with Gasteiger partial charge in [0.2, 0.25) is 0 Å². The van der Waals surface area contributed by atoms with Crippen LogP contribution in [0.5, 0.6) is 0 Å². The zero-order valence-corrected chi connectivity index (χ0v) is 9.92. The molecular weight excluding hydrogens is 160 g/mol. The van der Waals surface area contributed by atoms with Gasteiger partial charge in [0.05, 0.1) is 0 Å². The number of carbonyl (C=O) groups excluding carboxylic acids is 1. The Morgan fingerprint density at radius 2 is 1.46 bits per heavy atom. The fraction of sp³-hybridized carbons (Fsp3) is 0.917. The lowest BCUT2D eigenvalue weighted by Crippen LogP contribution is -2.25.